The molecule has 0 saturated carbocycles. The highest BCUT2D eigenvalue weighted by Gasteiger charge is 2.22. The standard InChI is InChI=1S/C23H20FN3O3S/c24-18-10-8-17(9-11-18)16-31(29,30)22-14-27(21-7-2-1-6-20(21)22)15-23(28)26-13-19-5-3-4-12-25-19/h1-12,14H,13,15-16H2,(H,26,28). The van der Waals surface area contributed by atoms with Gasteiger partial charge in [0.1, 0.15) is 12.4 Å². The molecule has 0 unspecified atom stereocenters. The Kier molecular flexibility index (Phi) is 5.81. The molecule has 0 spiro atoms. The third-order valence-electron chi connectivity index (χ3n) is 4.86. The monoisotopic (exact) mass is 437 g/mol. The van der Waals surface area contributed by atoms with E-state index < -0.39 is 15.7 Å². The molecule has 4 rings (SSSR count). The van der Waals surface area contributed by atoms with Gasteiger partial charge in [-0.25, -0.2) is 12.8 Å². The van der Waals surface area contributed by atoms with Gasteiger partial charge in [0.15, 0.2) is 9.84 Å². The van der Waals surface area contributed by atoms with Crippen molar-refractivity contribution < 1.29 is 17.6 Å². The Morgan fingerprint density at radius 1 is 1.00 bits per heavy atom. The fourth-order valence-corrected chi connectivity index (χ4v) is 4.95. The van der Waals surface area contributed by atoms with Crippen molar-refractivity contribution in [3.63, 3.8) is 0 Å². The number of sulfone groups is 1. The highest BCUT2D eigenvalue weighted by Crippen LogP contribution is 2.28. The lowest BCUT2D eigenvalue weighted by molar-refractivity contribution is -0.121. The van der Waals surface area contributed by atoms with E-state index >= 15 is 0 Å². The summed E-state index contributed by atoms with van der Waals surface area (Å²) in [7, 11) is -3.71. The number of fused-ring (bicyclic) bond motifs is 1. The first kappa shape index (κ1) is 20.7. The first-order valence-corrected chi connectivity index (χ1v) is 11.3. The number of pyridine rings is 1. The largest absolute Gasteiger partial charge is 0.349 e. The van der Waals surface area contributed by atoms with Crippen molar-refractivity contribution in [3.8, 4) is 0 Å². The second-order valence-corrected chi connectivity index (χ2v) is 9.08. The van der Waals surface area contributed by atoms with E-state index in [1.54, 1.807) is 41.1 Å². The second-order valence-electron chi connectivity index (χ2n) is 7.12. The minimum atomic E-state index is -3.71. The molecule has 0 aliphatic rings. The van der Waals surface area contributed by atoms with Gasteiger partial charge in [-0.1, -0.05) is 36.4 Å². The molecule has 0 saturated heterocycles. The van der Waals surface area contributed by atoms with Crippen molar-refractivity contribution in [2.24, 2.45) is 0 Å². The molecule has 1 amide bonds. The predicted octanol–water partition coefficient (Wildman–Crippen LogP) is 3.47. The number of hydrogen-bond donors (Lipinski definition) is 1. The van der Waals surface area contributed by atoms with Crippen molar-refractivity contribution in [1.82, 2.24) is 14.9 Å². The molecule has 0 bridgehead atoms. The summed E-state index contributed by atoms with van der Waals surface area (Å²) in [6.45, 7) is 0.258. The van der Waals surface area contributed by atoms with Crippen LogP contribution >= 0.6 is 0 Å². The number of carbonyl (C=O) groups is 1. The van der Waals surface area contributed by atoms with Crippen molar-refractivity contribution in [2.45, 2.75) is 23.7 Å². The third kappa shape index (κ3) is 4.80. The SMILES string of the molecule is O=C(Cn1cc(S(=O)(=O)Cc2ccc(F)cc2)c2ccccc21)NCc1ccccn1. The number of carbonyl (C=O) groups excluding carboxylic acids is 1. The lowest BCUT2D eigenvalue weighted by atomic mass is 10.2. The van der Waals surface area contributed by atoms with E-state index in [1.807, 2.05) is 12.1 Å². The number of nitrogens with one attached hydrogen (secondary N) is 1. The van der Waals surface area contributed by atoms with Gasteiger partial charge in [0.05, 0.1) is 22.9 Å². The van der Waals surface area contributed by atoms with Gasteiger partial charge in [-0.15, -0.1) is 0 Å². The van der Waals surface area contributed by atoms with Crippen LogP contribution in [0, 0.1) is 5.82 Å². The van der Waals surface area contributed by atoms with Gasteiger partial charge >= 0.3 is 0 Å². The fraction of sp³-hybridized carbons (Fsp3) is 0.130. The minimum absolute atomic E-state index is 0.0284. The average molecular weight is 437 g/mol. The van der Waals surface area contributed by atoms with Gasteiger partial charge < -0.3 is 9.88 Å². The molecule has 0 fully saturated rings. The summed E-state index contributed by atoms with van der Waals surface area (Å²) in [5.74, 6) is -0.934. The Hall–Kier alpha value is -3.52. The zero-order valence-corrected chi connectivity index (χ0v) is 17.3. The second kappa shape index (κ2) is 8.69. The molecule has 0 aliphatic carbocycles. The average Bonchev–Trinajstić information content (AvgIpc) is 3.14. The van der Waals surface area contributed by atoms with Gasteiger partial charge in [-0.05, 0) is 35.9 Å². The van der Waals surface area contributed by atoms with E-state index in [0.717, 1.165) is 5.69 Å². The maximum atomic E-state index is 13.2. The van der Waals surface area contributed by atoms with Gasteiger partial charge in [0.25, 0.3) is 0 Å². The number of aromatic nitrogens is 2. The number of hydrogen-bond acceptors (Lipinski definition) is 4. The van der Waals surface area contributed by atoms with Gasteiger partial charge in [-0.3, -0.25) is 9.78 Å². The topological polar surface area (TPSA) is 81.1 Å². The normalized spacial score (nSPS) is 11.5. The Morgan fingerprint density at radius 3 is 2.48 bits per heavy atom. The van der Waals surface area contributed by atoms with Crippen LogP contribution in [0.5, 0.6) is 0 Å². The van der Waals surface area contributed by atoms with Crippen molar-refractivity contribution >= 4 is 26.6 Å². The highest BCUT2D eigenvalue weighted by molar-refractivity contribution is 7.90. The van der Waals surface area contributed by atoms with Crippen LogP contribution in [-0.4, -0.2) is 23.9 Å². The molecular weight excluding hydrogens is 417 g/mol. The predicted molar refractivity (Wildman–Crippen MR) is 115 cm³/mol. The highest BCUT2D eigenvalue weighted by atomic mass is 32.2. The van der Waals surface area contributed by atoms with Crippen LogP contribution in [0.3, 0.4) is 0 Å². The molecule has 31 heavy (non-hydrogen) atoms. The molecule has 0 radical (unpaired) electrons. The molecule has 1 N–H and O–H groups in total. The molecule has 8 heteroatoms. The van der Waals surface area contributed by atoms with Gasteiger partial charge in [0.2, 0.25) is 5.91 Å². The Balaban J connectivity index is 1.58. The van der Waals surface area contributed by atoms with Crippen LogP contribution in [0.25, 0.3) is 10.9 Å². The van der Waals surface area contributed by atoms with Crippen LogP contribution in [0.4, 0.5) is 4.39 Å². The summed E-state index contributed by atoms with van der Waals surface area (Å²) in [6, 6.07) is 17.9. The summed E-state index contributed by atoms with van der Waals surface area (Å²) in [5, 5.41) is 3.34. The van der Waals surface area contributed by atoms with Crippen LogP contribution < -0.4 is 5.32 Å². The fourth-order valence-electron chi connectivity index (χ4n) is 3.37. The lowest BCUT2D eigenvalue weighted by Crippen LogP contribution is -2.27. The number of para-hydroxylation sites is 1. The molecule has 2 heterocycles. The molecule has 0 atom stereocenters. The summed E-state index contributed by atoms with van der Waals surface area (Å²) >= 11 is 0. The first-order chi connectivity index (χ1) is 14.9. The van der Waals surface area contributed by atoms with Crippen LogP contribution in [-0.2, 0) is 33.5 Å². The summed E-state index contributed by atoms with van der Waals surface area (Å²) in [6.07, 6.45) is 3.14. The number of halogens is 1. The molecular formula is C23H20FN3O3S. The van der Waals surface area contributed by atoms with Crippen LogP contribution in [0.15, 0.2) is 84.0 Å². The molecule has 158 valence electrons. The van der Waals surface area contributed by atoms with E-state index in [2.05, 4.69) is 10.3 Å². The van der Waals surface area contributed by atoms with Gasteiger partial charge in [-0.2, -0.15) is 0 Å². The van der Waals surface area contributed by atoms with E-state index in [0.29, 0.717) is 16.5 Å². The number of benzene rings is 2. The molecule has 4 aromatic rings. The van der Waals surface area contributed by atoms with E-state index in [1.165, 1.54) is 30.5 Å². The number of amides is 1. The maximum Gasteiger partial charge on any atom is 0.240 e. The maximum absolute atomic E-state index is 13.2. The zero-order valence-electron chi connectivity index (χ0n) is 16.5. The molecule has 0 aliphatic heterocycles. The lowest BCUT2D eigenvalue weighted by Gasteiger charge is -2.07. The molecule has 2 aromatic heterocycles. The Labute approximate surface area is 179 Å². The van der Waals surface area contributed by atoms with Crippen molar-refractivity contribution in [1.29, 1.82) is 0 Å². The smallest absolute Gasteiger partial charge is 0.240 e. The molecule has 2 aromatic carbocycles. The first-order valence-electron chi connectivity index (χ1n) is 9.64. The van der Waals surface area contributed by atoms with Crippen molar-refractivity contribution in [3.05, 3.63) is 96.2 Å². The quantitative estimate of drug-likeness (QED) is 0.480. The van der Waals surface area contributed by atoms with Gasteiger partial charge in [0, 0.05) is 23.3 Å². The van der Waals surface area contributed by atoms with Crippen LogP contribution in [0.2, 0.25) is 0 Å². The summed E-state index contributed by atoms with van der Waals surface area (Å²) in [5.41, 5.74) is 1.87. The summed E-state index contributed by atoms with van der Waals surface area (Å²) < 4.78 is 41.0. The minimum Gasteiger partial charge on any atom is -0.349 e. The van der Waals surface area contributed by atoms with Crippen molar-refractivity contribution in [2.75, 3.05) is 0 Å². The van der Waals surface area contributed by atoms with E-state index in [9.17, 15) is 17.6 Å². The Bertz CT molecular complexity index is 1320. The third-order valence-corrected chi connectivity index (χ3v) is 6.57. The molecule has 6 nitrogen and oxygen atoms in total. The van der Waals surface area contributed by atoms with E-state index in [-0.39, 0.29) is 29.6 Å². The van der Waals surface area contributed by atoms with Crippen LogP contribution in [0.1, 0.15) is 11.3 Å². The van der Waals surface area contributed by atoms with E-state index in [4.69, 9.17) is 0 Å². The Morgan fingerprint density at radius 2 is 1.74 bits per heavy atom. The number of rotatable bonds is 7. The number of nitrogens with zero attached hydrogens (tertiary/aromatic N) is 2. The summed E-state index contributed by atoms with van der Waals surface area (Å²) in [4.78, 5) is 16.8. The zero-order chi connectivity index (χ0) is 21.8.